The second kappa shape index (κ2) is 6.64. The fourth-order valence-electron chi connectivity index (χ4n) is 2.92. The van der Waals surface area contributed by atoms with Gasteiger partial charge in [-0.1, -0.05) is 0 Å². The van der Waals surface area contributed by atoms with E-state index in [1.54, 1.807) is 23.9 Å². The molecule has 1 aliphatic heterocycles. The van der Waals surface area contributed by atoms with Crippen LogP contribution < -0.4 is 5.14 Å². The van der Waals surface area contributed by atoms with E-state index in [4.69, 9.17) is 5.14 Å². The van der Waals surface area contributed by atoms with E-state index in [2.05, 4.69) is 0 Å². The zero-order valence-electron chi connectivity index (χ0n) is 14.9. The lowest BCUT2D eigenvalue weighted by Gasteiger charge is -2.47. The van der Waals surface area contributed by atoms with E-state index in [1.165, 1.54) is 29.2 Å². The Morgan fingerprint density at radius 3 is 2.12 bits per heavy atom. The number of hydrogen-bond acceptors (Lipinski definition) is 4. The third-order valence-corrected chi connectivity index (χ3v) is 5.16. The molecule has 1 aromatic carbocycles. The lowest BCUT2D eigenvalue weighted by atomic mass is 9.97. The second-order valence-electron chi connectivity index (χ2n) is 6.94. The molecule has 1 aromatic rings. The quantitative estimate of drug-likeness (QED) is 0.823. The summed E-state index contributed by atoms with van der Waals surface area (Å²) in [7, 11) is -0.403. The van der Waals surface area contributed by atoms with Crippen LogP contribution in [0.3, 0.4) is 0 Å². The number of rotatable bonds is 2. The van der Waals surface area contributed by atoms with Gasteiger partial charge in [0.05, 0.1) is 10.4 Å². The average molecular weight is 368 g/mol. The van der Waals surface area contributed by atoms with Crippen LogP contribution in [0.5, 0.6) is 0 Å². The summed E-state index contributed by atoms with van der Waals surface area (Å²) in [6.07, 6.45) is 0. The molecule has 0 saturated carbocycles. The molecule has 9 heteroatoms. The van der Waals surface area contributed by atoms with Crippen LogP contribution in [0.4, 0.5) is 4.79 Å². The second-order valence-corrected chi connectivity index (χ2v) is 8.50. The smallest absolute Gasteiger partial charge is 0.319 e. The molecule has 0 atom stereocenters. The van der Waals surface area contributed by atoms with Crippen LogP contribution in [0.25, 0.3) is 0 Å². The normalized spacial score (nSPS) is 17.3. The van der Waals surface area contributed by atoms with Crippen LogP contribution in [0.15, 0.2) is 29.2 Å². The molecule has 1 aliphatic rings. The highest BCUT2D eigenvalue weighted by Crippen LogP contribution is 2.24. The van der Waals surface area contributed by atoms with Crippen molar-refractivity contribution in [3.8, 4) is 0 Å². The molecule has 0 radical (unpaired) electrons. The molecule has 0 aromatic heterocycles. The number of nitrogens with zero attached hydrogens (tertiary/aromatic N) is 3. The van der Waals surface area contributed by atoms with E-state index in [0.29, 0.717) is 25.2 Å². The molecule has 2 N–H and O–H groups in total. The standard InChI is InChI=1S/C16H24N4O4S/c1-16(2)11-19(15(22)18(3)4)9-10-20(16)14(21)12-5-7-13(8-6-12)25(17,23)24/h5-8H,9-11H2,1-4H3,(H2,17,23,24). The molecule has 0 unspecified atom stereocenters. The number of benzene rings is 1. The summed E-state index contributed by atoms with van der Waals surface area (Å²) in [5.74, 6) is -0.206. The van der Waals surface area contributed by atoms with E-state index in [1.807, 2.05) is 13.8 Å². The van der Waals surface area contributed by atoms with Gasteiger partial charge in [-0.25, -0.2) is 18.4 Å². The molecule has 1 saturated heterocycles. The van der Waals surface area contributed by atoms with E-state index < -0.39 is 15.6 Å². The Kier molecular flexibility index (Phi) is 5.10. The molecule has 0 spiro atoms. The summed E-state index contributed by atoms with van der Waals surface area (Å²) in [5, 5.41) is 5.07. The summed E-state index contributed by atoms with van der Waals surface area (Å²) < 4.78 is 22.6. The topological polar surface area (TPSA) is 104 Å². The molecule has 138 valence electrons. The molecular weight excluding hydrogens is 344 g/mol. The third-order valence-electron chi connectivity index (χ3n) is 4.23. The molecule has 3 amide bonds. The Balaban J connectivity index is 2.19. The van der Waals surface area contributed by atoms with Crippen molar-refractivity contribution in [1.29, 1.82) is 0 Å². The van der Waals surface area contributed by atoms with Gasteiger partial charge in [0.2, 0.25) is 10.0 Å². The van der Waals surface area contributed by atoms with Crippen LogP contribution in [-0.4, -0.2) is 74.3 Å². The summed E-state index contributed by atoms with van der Waals surface area (Å²) in [6.45, 7) is 5.08. The van der Waals surface area contributed by atoms with Crippen LogP contribution in [0.1, 0.15) is 24.2 Å². The number of hydrogen-bond donors (Lipinski definition) is 1. The average Bonchev–Trinajstić information content (AvgIpc) is 2.51. The van der Waals surface area contributed by atoms with Crippen molar-refractivity contribution in [1.82, 2.24) is 14.7 Å². The predicted molar refractivity (Wildman–Crippen MR) is 93.6 cm³/mol. The minimum absolute atomic E-state index is 0.0373. The van der Waals surface area contributed by atoms with Crippen molar-refractivity contribution in [2.24, 2.45) is 5.14 Å². The monoisotopic (exact) mass is 368 g/mol. The van der Waals surface area contributed by atoms with Gasteiger partial charge < -0.3 is 14.7 Å². The van der Waals surface area contributed by atoms with Crippen molar-refractivity contribution in [3.05, 3.63) is 29.8 Å². The predicted octanol–water partition coefficient (Wildman–Crippen LogP) is 0.552. The molecule has 0 bridgehead atoms. The number of nitrogens with two attached hydrogens (primary N) is 1. The lowest BCUT2D eigenvalue weighted by Crippen LogP contribution is -2.63. The number of piperazine rings is 1. The zero-order chi connectivity index (χ0) is 19.0. The molecule has 1 fully saturated rings. The number of primary sulfonamides is 1. The Bertz CT molecular complexity index is 772. The summed E-state index contributed by atoms with van der Waals surface area (Å²) in [5.41, 5.74) is -0.160. The van der Waals surface area contributed by atoms with Crippen LogP contribution in [-0.2, 0) is 10.0 Å². The van der Waals surface area contributed by atoms with Gasteiger partial charge in [0.15, 0.2) is 0 Å². The first kappa shape index (κ1) is 19.2. The van der Waals surface area contributed by atoms with E-state index in [0.717, 1.165) is 0 Å². The van der Waals surface area contributed by atoms with Crippen LogP contribution in [0.2, 0.25) is 0 Å². The van der Waals surface area contributed by atoms with Gasteiger partial charge in [0, 0.05) is 39.3 Å². The number of carbonyl (C=O) groups is 2. The lowest BCUT2D eigenvalue weighted by molar-refractivity contribution is 0.0241. The Hall–Kier alpha value is -2.13. The van der Waals surface area contributed by atoms with Gasteiger partial charge in [-0.15, -0.1) is 0 Å². The Morgan fingerprint density at radius 1 is 1.12 bits per heavy atom. The molecule has 25 heavy (non-hydrogen) atoms. The van der Waals surface area contributed by atoms with E-state index >= 15 is 0 Å². The van der Waals surface area contributed by atoms with Crippen molar-refractivity contribution in [2.45, 2.75) is 24.3 Å². The zero-order valence-corrected chi connectivity index (χ0v) is 15.7. The maximum atomic E-state index is 12.8. The summed E-state index contributed by atoms with van der Waals surface area (Å²) in [6, 6.07) is 5.46. The van der Waals surface area contributed by atoms with Crippen molar-refractivity contribution in [2.75, 3.05) is 33.7 Å². The fourth-order valence-corrected chi connectivity index (χ4v) is 3.44. The molecule has 0 aliphatic carbocycles. The third kappa shape index (κ3) is 4.10. The number of sulfonamides is 1. The highest BCUT2D eigenvalue weighted by atomic mass is 32.2. The first-order valence-electron chi connectivity index (χ1n) is 7.84. The van der Waals surface area contributed by atoms with Gasteiger partial charge >= 0.3 is 6.03 Å². The number of amides is 3. The minimum Gasteiger partial charge on any atom is -0.331 e. The van der Waals surface area contributed by atoms with E-state index in [9.17, 15) is 18.0 Å². The van der Waals surface area contributed by atoms with Crippen molar-refractivity contribution >= 4 is 22.0 Å². The fraction of sp³-hybridized carbons (Fsp3) is 0.500. The van der Waals surface area contributed by atoms with Gasteiger partial charge in [-0.2, -0.15) is 0 Å². The van der Waals surface area contributed by atoms with Crippen LogP contribution >= 0.6 is 0 Å². The maximum absolute atomic E-state index is 12.8. The maximum Gasteiger partial charge on any atom is 0.319 e. The van der Waals surface area contributed by atoms with E-state index in [-0.39, 0.29) is 16.8 Å². The number of urea groups is 1. The highest BCUT2D eigenvalue weighted by Gasteiger charge is 2.39. The van der Waals surface area contributed by atoms with Gasteiger partial charge in [0.1, 0.15) is 0 Å². The summed E-state index contributed by atoms with van der Waals surface area (Å²) in [4.78, 5) is 29.9. The first-order valence-corrected chi connectivity index (χ1v) is 9.39. The number of carbonyl (C=O) groups excluding carboxylic acids is 2. The van der Waals surface area contributed by atoms with Crippen molar-refractivity contribution in [3.63, 3.8) is 0 Å². The Morgan fingerprint density at radius 2 is 1.68 bits per heavy atom. The molecule has 8 nitrogen and oxygen atoms in total. The Labute approximate surface area is 148 Å². The summed E-state index contributed by atoms with van der Waals surface area (Å²) >= 11 is 0. The largest absolute Gasteiger partial charge is 0.331 e. The molecule has 1 heterocycles. The molecule has 2 rings (SSSR count). The first-order chi connectivity index (χ1) is 11.4. The molecular formula is C16H24N4O4S. The highest BCUT2D eigenvalue weighted by molar-refractivity contribution is 7.89. The van der Waals surface area contributed by atoms with Gasteiger partial charge in [0.25, 0.3) is 5.91 Å². The van der Waals surface area contributed by atoms with Crippen LogP contribution in [0, 0.1) is 0 Å². The SMILES string of the molecule is CN(C)C(=O)N1CCN(C(=O)c2ccc(S(N)(=O)=O)cc2)C(C)(C)C1. The van der Waals surface area contributed by atoms with Crippen molar-refractivity contribution < 1.29 is 18.0 Å². The van der Waals surface area contributed by atoms with Gasteiger partial charge in [-0.05, 0) is 38.1 Å². The van der Waals surface area contributed by atoms with Gasteiger partial charge in [-0.3, -0.25) is 4.79 Å². The minimum atomic E-state index is -3.79.